The largest absolute Gasteiger partial charge is 0.439 e. The van der Waals surface area contributed by atoms with Crippen LogP contribution < -0.4 is 4.74 Å². The number of benzene rings is 1. The van der Waals surface area contributed by atoms with E-state index in [2.05, 4.69) is 20.9 Å². The van der Waals surface area contributed by atoms with E-state index in [9.17, 15) is 0 Å². The van der Waals surface area contributed by atoms with E-state index < -0.39 is 0 Å². The Morgan fingerprint density at radius 1 is 1.12 bits per heavy atom. The summed E-state index contributed by atoms with van der Waals surface area (Å²) in [6, 6.07) is 11.6. The summed E-state index contributed by atoms with van der Waals surface area (Å²) in [7, 11) is 0. The van der Waals surface area contributed by atoms with Gasteiger partial charge in [0.25, 0.3) is 0 Å². The van der Waals surface area contributed by atoms with Crippen molar-refractivity contribution >= 4 is 15.9 Å². The van der Waals surface area contributed by atoms with Crippen LogP contribution in [0.4, 0.5) is 0 Å². The Labute approximate surface area is 103 Å². The number of aromatic nitrogens is 1. The fourth-order valence-corrected chi connectivity index (χ4v) is 1.62. The lowest BCUT2D eigenvalue weighted by atomic mass is 10.2. The van der Waals surface area contributed by atoms with Gasteiger partial charge in [-0.2, -0.15) is 0 Å². The zero-order valence-corrected chi connectivity index (χ0v) is 10.8. The SMILES string of the molecule is Cc1cccc(Oc2ccc(Br)c(C)c2)n1. The van der Waals surface area contributed by atoms with E-state index in [0.29, 0.717) is 5.88 Å². The molecule has 0 radical (unpaired) electrons. The molecule has 1 aromatic carbocycles. The van der Waals surface area contributed by atoms with Crippen LogP contribution in [-0.2, 0) is 0 Å². The number of hydrogen-bond acceptors (Lipinski definition) is 2. The maximum absolute atomic E-state index is 5.66. The van der Waals surface area contributed by atoms with Gasteiger partial charge in [-0.25, -0.2) is 4.98 Å². The van der Waals surface area contributed by atoms with Crippen molar-refractivity contribution in [2.24, 2.45) is 0 Å². The predicted molar refractivity (Wildman–Crippen MR) is 67.9 cm³/mol. The third-order valence-corrected chi connectivity index (χ3v) is 3.10. The number of aryl methyl sites for hydroxylation is 2. The Kier molecular flexibility index (Phi) is 3.25. The minimum atomic E-state index is 0.627. The maximum atomic E-state index is 5.66. The van der Waals surface area contributed by atoms with E-state index >= 15 is 0 Å². The molecule has 0 unspecified atom stereocenters. The fourth-order valence-electron chi connectivity index (χ4n) is 1.38. The first-order valence-electron chi connectivity index (χ1n) is 5.03. The number of hydrogen-bond donors (Lipinski definition) is 0. The van der Waals surface area contributed by atoms with Crippen molar-refractivity contribution in [1.82, 2.24) is 4.98 Å². The molecule has 2 nitrogen and oxygen atoms in total. The zero-order valence-electron chi connectivity index (χ0n) is 9.20. The Hall–Kier alpha value is -1.35. The number of halogens is 1. The van der Waals surface area contributed by atoms with Crippen LogP contribution in [0.15, 0.2) is 40.9 Å². The predicted octanol–water partition coefficient (Wildman–Crippen LogP) is 4.25. The third kappa shape index (κ3) is 2.61. The molecule has 0 spiro atoms. The molecule has 0 aliphatic carbocycles. The van der Waals surface area contributed by atoms with Crippen LogP contribution in [0, 0.1) is 13.8 Å². The molecule has 2 aromatic rings. The van der Waals surface area contributed by atoms with E-state index in [4.69, 9.17) is 4.74 Å². The monoisotopic (exact) mass is 277 g/mol. The van der Waals surface area contributed by atoms with Gasteiger partial charge in [-0.15, -0.1) is 0 Å². The van der Waals surface area contributed by atoms with E-state index in [1.54, 1.807) is 0 Å². The molecule has 2 rings (SSSR count). The average Bonchev–Trinajstić information content (AvgIpc) is 2.24. The second-order valence-corrected chi connectivity index (χ2v) is 4.48. The number of rotatable bonds is 2. The Balaban J connectivity index is 2.24. The van der Waals surface area contributed by atoms with Gasteiger partial charge in [-0.1, -0.05) is 22.0 Å². The van der Waals surface area contributed by atoms with E-state index in [1.165, 1.54) is 0 Å². The minimum absolute atomic E-state index is 0.627. The third-order valence-electron chi connectivity index (χ3n) is 2.21. The molecule has 1 aromatic heterocycles. The summed E-state index contributed by atoms with van der Waals surface area (Å²) in [6.07, 6.45) is 0. The van der Waals surface area contributed by atoms with Crippen LogP contribution in [0.3, 0.4) is 0 Å². The smallest absolute Gasteiger partial charge is 0.219 e. The first kappa shape index (κ1) is 11.1. The van der Waals surface area contributed by atoms with Crippen molar-refractivity contribution in [3.63, 3.8) is 0 Å². The fraction of sp³-hybridized carbons (Fsp3) is 0.154. The van der Waals surface area contributed by atoms with E-state index in [0.717, 1.165) is 21.5 Å². The number of ether oxygens (including phenoxy) is 1. The standard InChI is InChI=1S/C13H12BrNO/c1-9-8-11(6-7-12(9)14)16-13-5-3-4-10(2)15-13/h3-8H,1-2H3. The molecule has 0 saturated carbocycles. The highest BCUT2D eigenvalue weighted by Gasteiger charge is 2.01. The highest BCUT2D eigenvalue weighted by molar-refractivity contribution is 9.10. The van der Waals surface area contributed by atoms with Crippen LogP contribution in [0.5, 0.6) is 11.6 Å². The van der Waals surface area contributed by atoms with Gasteiger partial charge in [-0.3, -0.25) is 0 Å². The molecule has 0 bridgehead atoms. The van der Waals surface area contributed by atoms with Gasteiger partial charge in [0.15, 0.2) is 0 Å². The van der Waals surface area contributed by atoms with Crippen molar-refractivity contribution in [1.29, 1.82) is 0 Å². The van der Waals surface area contributed by atoms with Gasteiger partial charge in [0, 0.05) is 16.2 Å². The maximum Gasteiger partial charge on any atom is 0.219 e. The van der Waals surface area contributed by atoms with Crippen LogP contribution in [-0.4, -0.2) is 4.98 Å². The summed E-state index contributed by atoms with van der Waals surface area (Å²) in [5.41, 5.74) is 2.09. The van der Waals surface area contributed by atoms with Gasteiger partial charge in [0.2, 0.25) is 5.88 Å². The summed E-state index contributed by atoms with van der Waals surface area (Å²) < 4.78 is 6.74. The molecule has 16 heavy (non-hydrogen) atoms. The quantitative estimate of drug-likeness (QED) is 0.819. The second kappa shape index (κ2) is 4.66. The van der Waals surface area contributed by atoms with Crippen molar-refractivity contribution in [3.8, 4) is 11.6 Å². The minimum Gasteiger partial charge on any atom is -0.439 e. The van der Waals surface area contributed by atoms with Crippen molar-refractivity contribution in [3.05, 3.63) is 52.1 Å². The van der Waals surface area contributed by atoms with Gasteiger partial charge in [0.05, 0.1) is 0 Å². The molecular weight excluding hydrogens is 266 g/mol. The van der Waals surface area contributed by atoms with E-state index in [-0.39, 0.29) is 0 Å². The molecular formula is C13H12BrNO. The molecule has 0 N–H and O–H groups in total. The lowest BCUT2D eigenvalue weighted by Crippen LogP contribution is -1.89. The Morgan fingerprint density at radius 2 is 1.94 bits per heavy atom. The normalized spacial score (nSPS) is 10.2. The average molecular weight is 278 g/mol. The summed E-state index contributed by atoms with van der Waals surface area (Å²) >= 11 is 3.46. The van der Waals surface area contributed by atoms with Gasteiger partial charge < -0.3 is 4.74 Å². The van der Waals surface area contributed by atoms with Crippen LogP contribution in [0.2, 0.25) is 0 Å². The summed E-state index contributed by atoms with van der Waals surface area (Å²) in [5, 5.41) is 0. The molecule has 3 heteroatoms. The molecule has 0 aliphatic rings. The molecule has 0 amide bonds. The van der Waals surface area contributed by atoms with E-state index in [1.807, 2.05) is 50.2 Å². The van der Waals surface area contributed by atoms with Crippen LogP contribution in [0.1, 0.15) is 11.3 Å². The van der Waals surface area contributed by atoms with Crippen molar-refractivity contribution in [2.45, 2.75) is 13.8 Å². The lowest BCUT2D eigenvalue weighted by Gasteiger charge is -2.06. The van der Waals surface area contributed by atoms with Crippen molar-refractivity contribution < 1.29 is 4.74 Å². The topological polar surface area (TPSA) is 22.1 Å². The highest BCUT2D eigenvalue weighted by atomic mass is 79.9. The van der Waals surface area contributed by atoms with Gasteiger partial charge in [-0.05, 0) is 43.7 Å². The molecule has 0 saturated heterocycles. The summed E-state index contributed by atoms with van der Waals surface area (Å²) in [5.74, 6) is 1.43. The molecule has 1 heterocycles. The van der Waals surface area contributed by atoms with Gasteiger partial charge in [0.1, 0.15) is 5.75 Å². The molecule has 0 atom stereocenters. The summed E-state index contributed by atoms with van der Waals surface area (Å²) in [6.45, 7) is 3.97. The molecule has 0 aliphatic heterocycles. The van der Waals surface area contributed by atoms with Crippen LogP contribution >= 0.6 is 15.9 Å². The Bertz CT molecular complexity index is 511. The zero-order chi connectivity index (χ0) is 11.5. The number of nitrogens with zero attached hydrogens (tertiary/aromatic N) is 1. The van der Waals surface area contributed by atoms with Gasteiger partial charge >= 0.3 is 0 Å². The Morgan fingerprint density at radius 3 is 2.62 bits per heavy atom. The number of pyridine rings is 1. The first-order valence-corrected chi connectivity index (χ1v) is 5.82. The molecule has 0 fully saturated rings. The van der Waals surface area contributed by atoms with Crippen LogP contribution in [0.25, 0.3) is 0 Å². The van der Waals surface area contributed by atoms with Crippen molar-refractivity contribution in [2.75, 3.05) is 0 Å². The summed E-state index contributed by atoms with van der Waals surface area (Å²) in [4.78, 5) is 4.29. The first-order chi connectivity index (χ1) is 7.65. The molecule has 82 valence electrons. The second-order valence-electron chi connectivity index (χ2n) is 3.63. The highest BCUT2D eigenvalue weighted by Crippen LogP contribution is 2.25. The lowest BCUT2D eigenvalue weighted by molar-refractivity contribution is 0.461.